The first-order valence-corrected chi connectivity index (χ1v) is 10.5. The van der Waals surface area contributed by atoms with Crippen molar-refractivity contribution in [1.29, 1.82) is 0 Å². The summed E-state index contributed by atoms with van der Waals surface area (Å²) in [6.45, 7) is 5.42. The van der Waals surface area contributed by atoms with Crippen molar-refractivity contribution in [3.05, 3.63) is 35.1 Å². The number of hydrogen-bond donors (Lipinski definition) is 3. The van der Waals surface area contributed by atoms with Gasteiger partial charge in [0.25, 0.3) is 0 Å². The molecule has 0 spiro atoms. The first-order valence-electron chi connectivity index (χ1n) is 9.09. The van der Waals surface area contributed by atoms with Gasteiger partial charge < -0.3 is 20.5 Å². The minimum absolute atomic E-state index is 0.137. The van der Waals surface area contributed by atoms with Crippen molar-refractivity contribution in [2.24, 2.45) is 10.4 Å². The van der Waals surface area contributed by atoms with Crippen LogP contribution in [-0.2, 0) is 17.0 Å². The maximum atomic E-state index is 13.5. The van der Waals surface area contributed by atoms with Gasteiger partial charge in [0.15, 0.2) is 5.96 Å². The monoisotopic (exact) mass is 383 g/mol. The predicted octanol–water partition coefficient (Wildman–Crippen LogP) is 2.53. The molecule has 0 atom stereocenters. The molecule has 0 saturated carbocycles. The Balaban J connectivity index is 2.04. The fourth-order valence-corrected chi connectivity index (χ4v) is 3.59. The fourth-order valence-electron chi connectivity index (χ4n) is 3.01. The van der Waals surface area contributed by atoms with E-state index < -0.39 is 0 Å². The van der Waals surface area contributed by atoms with E-state index in [1.807, 2.05) is 19.2 Å². The van der Waals surface area contributed by atoms with Crippen molar-refractivity contribution < 1.29 is 14.2 Å². The van der Waals surface area contributed by atoms with E-state index in [1.54, 1.807) is 17.8 Å². The van der Waals surface area contributed by atoms with Crippen LogP contribution in [0.2, 0.25) is 0 Å². The van der Waals surface area contributed by atoms with Gasteiger partial charge in [0.1, 0.15) is 5.82 Å². The number of aliphatic hydroxyl groups is 1. The quantitative estimate of drug-likeness (QED) is 0.476. The Labute approximate surface area is 159 Å². The second-order valence-corrected chi connectivity index (χ2v) is 7.53. The molecule has 1 saturated heterocycles. The number of hydrogen-bond acceptors (Lipinski definition) is 4. The normalized spacial score (nSPS) is 17.2. The van der Waals surface area contributed by atoms with Gasteiger partial charge in [-0.2, -0.15) is 11.8 Å². The standard InChI is InChI=1S/C19H30FN3O2S/c1-3-21-18(23-13-19(14-24)6-8-25-9-7-19)22-11-15-4-5-17(20)10-16(15)12-26-2/h4-5,10,24H,3,6-9,11-14H2,1-2H3,(H2,21,22,23). The molecule has 1 fully saturated rings. The fraction of sp³-hybridized carbons (Fsp3) is 0.632. The Morgan fingerprint density at radius 2 is 2.08 bits per heavy atom. The van der Waals surface area contributed by atoms with Crippen molar-refractivity contribution >= 4 is 17.7 Å². The van der Waals surface area contributed by atoms with Crippen LogP contribution in [0.1, 0.15) is 30.9 Å². The molecular formula is C19H30FN3O2S. The molecule has 0 amide bonds. The van der Waals surface area contributed by atoms with Crippen LogP contribution in [0.25, 0.3) is 0 Å². The molecule has 1 aromatic carbocycles. The molecule has 7 heteroatoms. The number of guanidine groups is 1. The van der Waals surface area contributed by atoms with E-state index >= 15 is 0 Å². The summed E-state index contributed by atoms with van der Waals surface area (Å²) in [5, 5.41) is 16.4. The smallest absolute Gasteiger partial charge is 0.191 e. The number of ether oxygens (including phenoxy) is 1. The predicted molar refractivity (Wildman–Crippen MR) is 106 cm³/mol. The topological polar surface area (TPSA) is 65.9 Å². The van der Waals surface area contributed by atoms with Crippen molar-refractivity contribution in [3.8, 4) is 0 Å². The summed E-state index contributed by atoms with van der Waals surface area (Å²) in [6, 6.07) is 4.88. The van der Waals surface area contributed by atoms with Gasteiger partial charge in [-0.05, 0) is 49.3 Å². The number of halogens is 1. The van der Waals surface area contributed by atoms with Crippen LogP contribution in [0.15, 0.2) is 23.2 Å². The largest absolute Gasteiger partial charge is 0.396 e. The molecule has 0 bridgehead atoms. The van der Waals surface area contributed by atoms with Crippen LogP contribution in [-0.4, -0.2) is 50.2 Å². The molecular weight excluding hydrogens is 353 g/mol. The summed E-state index contributed by atoms with van der Waals surface area (Å²) in [4.78, 5) is 4.66. The number of aliphatic imine (C=N–C) groups is 1. The molecule has 3 N–H and O–H groups in total. The van der Waals surface area contributed by atoms with E-state index in [2.05, 4.69) is 15.6 Å². The van der Waals surface area contributed by atoms with Crippen LogP contribution < -0.4 is 10.6 Å². The van der Waals surface area contributed by atoms with Crippen LogP contribution >= 0.6 is 11.8 Å². The zero-order chi connectivity index (χ0) is 18.8. The number of nitrogens with one attached hydrogen (secondary N) is 2. The van der Waals surface area contributed by atoms with Crippen LogP contribution in [0.4, 0.5) is 4.39 Å². The Kier molecular flexibility index (Phi) is 8.68. The molecule has 5 nitrogen and oxygen atoms in total. The minimum Gasteiger partial charge on any atom is -0.396 e. The number of rotatable bonds is 8. The van der Waals surface area contributed by atoms with Crippen molar-refractivity contribution in [1.82, 2.24) is 10.6 Å². The molecule has 0 aromatic heterocycles. The third-order valence-corrected chi connectivity index (χ3v) is 5.34. The lowest BCUT2D eigenvalue weighted by atomic mass is 9.81. The van der Waals surface area contributed by atoms with E-state index in [4.69, 9.17) is 4.74 Å². The molecule has 1 aliphatic rings. The molecule has 1 aromatic rings. The van der Waals surface area contributed by atoms with Gasteiger partial charge in [-0.15, -0.1) is 0 Å². The highest BCUT2D eigenvalue weighted by Crippen LogP contribution is 2.28. The maximum Gasteiger partial charge on any atom is 0.191 e. The number of benzene rings is 1. The Bertz CT molecular complexity index is 592. The maximum absolute atomic E-state index is 13.5. The summed E-state index contributed by atoms with van der Waals surface area (Å²) in [5.41, 5.74) is 1.85. The zero-order valence-corrected chi connectivity index (χ0v) is 16.5. The SMILES string of the molecule is CCNC(=NCc1ccc(F)cc1CSC)NCC1(CO)CCOCC1. The summed E-state index contributed by atoms with van der Waals surface area (Å²) in [6.07, 6.45) is 3.68. The second-order valence-electron chi connectivity index (χ2n) is 6.67. The van der Waals surface area contributed by atoms with Crippen LogP contribution in [0, 0.1) is 11.2 Å². The van der Waals surface area contributed by atoms with Gasteiger partial charge in [0.05, 0.1) is 13.2 Å². The van der Waals surface area contributed by atoms with Gasteiger partial charge in [0, 0.05) is 37.5 Å². The van der Waals surface area contributed by atoms with E-state index in [-0.39, 0.29) is 17.8 Å². The van der Waals surface area contributed by atoms with Crippen LogP contribution in [0.5, 0.6) is 0 Å². The van der Waals surface area contributed by atoms with Crippen molar-refractivity contribution in [3.63, 3.8) is 0 Å². The summed E-state index contributed by atoms with van der Waals surface area (Å²) < 4.78 is 18.9. The van der Waals surface area contributed by atoms with Crippen molar-refractivity contribution in [2.45, 2.75) is 32.1 Å². The Morgan fingerprint density at radius 1 is 1.31 bits per heavy atom. The second kappa shape index (κ2) is 10.7. The summed E-state index contributed by atoms with van der Waals surface area (Å²) in [7, 11) is 0. The highest BCUT2D eigenvalue weighted by atomic mass is 32.2. The number of thioether (sulfide) groups is 1. The first-order chi connectivity index (χ1) is 12.6. The van der Waals surface area contributed by atoms with E-state index in [9.17, 15) is 9.50 Å². The van der Waals surface area contributed by atoms with Gasteiger partial charge in [-0.25, -0.2) is 9.38 Å². The molecule has 0 aliphatic carbocycles. The highest BCUT2D eigenvalue weighted by Gasteiger charge is 2.32. The summed E-state index contributed by atoms with van der Waals surface area (Å²) in [5.74, 6) is 1.27. The van der Waals surface area contributed by atoms with E-state index in [1.165, 1.54) is 6.07 Å². The van der Waals surface area contributed by atoms with E-state index in [0.29, 0.717) is 32.3 Å². The Hall–Kier alpha value is -1.31. The lowest BCUT2D eigenvalue weighted by molar-refractivity contribution is -0.0131. The molecule has 146 valence electrons. The number of aliphatic hydroxyl groups excluding tert-OH is 1. The third kappa shape index (κ3) is 6.14. The number of nitrogens with zero attached hydrogens (tertiary/aromatic N) is 1. The Morgan fingerprint density at radius 3 is 2.73 bits per heavy atom. The van der Waals surface area contributed by atoms with Gasteiger partial charge in [0.2, 0.25) is 0 Å². The zero-order valence-electron chi connectivity index (χ0n) is 15.7. The minimum atomic E-state index is -0.212. The average Bonchev–Trinajstić information content (AvgIpc) is 2.66. The van der Waals surface area contributed by atoms with Gasteiger partial charge >= 0.3 is 0 Å². The molecule has 1 aliphatic heterocycles. The average molecular weight is 384 g/mol. The summed E-state index contributed by atoms with van der Waals surface area (Å²) >= 11 is 1.67. The lowest BCUT2D eigenvalue weighted by Crippen LogP contribution is -2.47. The van der Waals surface area contributed by atoms with Gasteiger partial charge in [-0.3, -0.25) is 0 Å². The molecule has 2 rings (SSSR count). The lowest BCUT2D eigenvalue weighted by Gasteiger charge is -2.36. The molecule has 0 radical (unpaired) electrons. The molecule has 1 heterocycles. The van der Waals surface area contributed by atoms with Gasteiger partial charge in [-0.1, -0.05) is 6.07 Å². The highest BCUT2D eigenvalue weighted by molar-refractivity contribution is 7.97. The van der Waals surface area contributed by atoms with Crippen molar-refractivity contribution in [2.75, 3.05) is 39.2 Å². The third-order valence-electron chi connectivity index (χ3n) is 4.74. The molecule has 0 unspecified atom stereocenters. The first kappa shape index (κ1) is 21.0. The van der Waals surface area contributed by atoms with Crippen LogP contribution in [0.3, 0.4) is 0 Å². The molecule has 26 heavy (non-hydrogen) atoms. The van der Waals surface area contributed by atoms with E-state index in [0.717, 1.165) is 36.3 Å².